The second kappa shape index (κ2) is 6.04. The fourth-order valence-electron chi connectivity index (χ4n) is 2.11. The minimum absolute atomic E-state index is 0.186. The average Bonchev–Trinajstić information content (AvgIpc) is 3.22. The van der Waals surface area contributed by atoms with Crippen LogP contribution in [0.5, 0.6) is 5.75 Å². The van der Waals surface area contributed by atoms with Crippen molar-refractivity contribution in [2.45, 2.75) is 13.5 Å². The molecule has 7 nitrogen and oxygen atoms in total. The van der Waals surface area contributed by atoms with Gasteiger partial charge in [0, 0.05) is 10.7 Å². The number of halogens is 2. The van der Waals surface area contributed by atoms with Crippen LogP contribution in [0.1, 0.15) is 11.5 Å². The van der Waals surface area contributed by atoms with Crippen molar-refractivity contribution < 1.29 is 4.74 Å². The zero-order valence-electron chi connectivity index (χ0n) is 12.3. The summed E-state index contributed by atoms with van der Waals surface area (Å²) >= 11 is 13.4. The van der Waals surface area contributed by atoms with E-state index in [2.05, 4.69) is 25.5 Å². The van der Waals surface area contributed by atoms with Crippen molar-refractivity contribution in [3.05, 3.63) is 45.8 Å². The van der Waals surface area contributed by atoms with Gasteiger partial charge < -0.3 is 4.74 Å². The van der Waals surface area contributed by atoms with Crippen molar-refractivity contribution in [1.82, 2.24) is 30.0 Å². The van der Waals surface area contributed by atoms with Crippen LogP contribution in [0.25, 0.3) is 15.7 Å². The van der Waals surface area contributed by atoms with Gasteiger partial charge in [0.25, 0.3) is 0 Å². The molecule has 0 radical (unpaired) electrons. The highest BCUT2D eigenvalue weighted by Gasteiger charge is 2.15. The summed E-state index contributed by atoms with van der Waals surface area (Å²) in [6.45, 7) is 2.12. The van der Waals surface area contributed by atoms with Crippen LogP contribution in [0.2, 0.25) is 10.0 Å². The highest BCUT2D eigenvalue weighted by atomic mass is 35.5. The van der Waals surface area contributed by atoms with Crippen molar-refractivity contribution in [3.8, 4) is 16.5 Å². The third-order valence-electron chi connectivity index (χ3n) is 3.23. The summed E-state index contributed by atoms with van der Waals surface area (Å²) in [4.78, 5) is 0.673. The van der Waals surface area contributed by atoms with E-state index in [0.29, 0.717) is 26.6 Å². The van der Waals surface area contributed by atoms with Gasteiger partial charge in [-0.3, -0.25) is 5.10 Å². The van der Waals surface area contributed by atoms with Crippen LogP contribution in [0.15, 0.2) is 24.3 Å². The van der Waals surface area contributed by atoms with Crippen molar-refractivity contribution in [1.29, 1.82) is 0 Å². The fourth-order valence-corrected chi connectivity index (χ4v) is 3.40. The molecule has 1 aromatic carbocycles. The lowest BCUT2D eigenvalue weighted by atomic mass is 10.3. The Bertz CT molecular complexity index is 1020. The highest BCUT2D eigenvalue weighted by molar-refractivity contribution is 7.19. The summed E-state index contributed by atoms with van der Waals surface area (Å²) in [6, 6.07) is 6.97. The SMILES string of the molecule is Cc1cc(-c2nn3c(COc4ccc(Cl)cc4Cl)nnc3s2)n[nH]1. The zero-order valence-corrected chi connectivity index (χ0v) is 14.7. The lowest BCUT2D eigenvalue weighted by molar-refractivity contribution is 0.293. The van der Waals surface area contributed by atoms with Gasteiger partial charge in [0.15, 0.2) is 10.8 Å². The molecule has 24 heavy (non-hydrogen) atoms. The lowest BCUT2D eigenvalue weighted by Crippen LogP contribution is -2.02. The second-order valence-corrected chi connectivity index (χ2v) is 6.82. The van der Waals surface area contributed by atoms with Crippen LogP contribution in [0, 0.1) is 6.92 Å². The normalized spacial score (nSPS) is 11.3. The maximum atomic E-state index is 6.10. The van der Waals surface area contributed by atoms with Gasteiger partial charge in [0.2, 0.25) is 4.96 Å². The molecule has 0 spiro atoms. The summed E-state index contributed by atoms with van der Waals surface area (Å²) < 4.78 is 7.34. The molecule has 0 aliphatic rings. The molecule has 0 aliphatic heterocycles. The summed E-state index contributed by atoms with van der Waals surface area (Å²) in [5, 5.41) is 21.6. The summed E-state index contributed by atoms with van der Waals surface area (Å²) in [5.41, 5.74) is 1.74. The Balaban J connectivity index is 1.59. The molecule has 0 saturated heterocycles. The number of hydrogen-bond acceptors (Lipinski definition) is 6. The molecule has 0 fully saturated rings. The monoisotopic (exact) mass is 380 g/mol. The first kappa shape index (κ1) is 15.4. The van der Waals surface area contributed by atoms with E-state index in [4.69, 9.17) is 27.9 Å². The molecule has 0 aliphatic carbocycles. The Labute approximate surface area is 150 Å². The lowest BCUT2D eigenvalue weighted by Gasteiger charge is -2.06. The van der Waals surface area contributed by atoms with E-state index < -0.39 is 0 Å². The molecule has 0 bridgehead atoms. The molecule has 0 saturated carbocycles. The predicted molar refractivity (Wildman–Crippen MR) is 91.8 cm³/mol. The molecule has 4 aromatic rings. The molecule has 4 rings (SSSR count). The minimum atomic E-state index is 0.186. The van der Waals surface area contributed by atoms with Gasteiger partial charge >= 0.3 is 0 Å². The van der Waals surface area contributed by atoms with E-state index in [1.807, 2.05) is 13.0 Å². The molecule has 3 heterocycles. The number of ether oxygens (including phenoxy) is 1. The van der Waals surface area contributed by atoms with E-state index in [1.54, 1.807) is 22.7 Å². The van der Waals surface area contributed by atoms with E-state index in [-0.39, 0.29) is 6.61 Å². The number of nitrogens with zero attached hydrogens (tertiary/aromatic N) is 5. The first-order valence-corrected chi connectivity index (χ1v) is 8.49. The van der Waals surface area contributed by atoms with Crippen LogP contribution in [0.3, 0.4) is 0 Å². The number of hydrogen-bond donors (Lipinski definition) is 1. The summed E-state index contributed by atoms with van der Waals surface area (Å²) in [7, 11) is 0. The Kier molecular flexibility index (Phi) is 3.87. The van der Waals surface area contributed by atoms with Gasteiger partial charge in [-0.05, 0) is 31.2 Å². The van der Waals surface area contributed by atoms with Crippen molar-refractivity contribution in [2.24, 2.45) is 0 Å². The van der Waals surface area contributed by atoms with E-state index in [1.165, 1.54) is 11.3 Å². The van der Waals surface area contributed by atoms with Crippen molar-refractivity contribution in [2.75, 3.05) is 0 Å². The first-order valence-electron chi connectivity index (χ1n) is 6.91. The standard InChI is InChI=1S/C14H10Cl2N6OS/c1-7-4-10(18-17-7)13-21-22-12(19-20-14(22)24-13)6-23-11-3-2-8(15)5-9(11)16/h2-5H,6H2,1H3,(H,17,18). The third kappa shape index (κ3) is 2.83. The third-order valence-corrected chi connectivity index (χ3v) is 4.68. The molecular formula is C14H10Cl2N6OS. The Morgan fingerprint density at radius 2 is 2.12 bits per heavy atom. The molecule has 122 valence electrons. The Morgan fingerprint density at radius 3 is 2.88 bits per heavy atom. The fraction of sp³-hybridized carbons (Fsp3) is 0.143. The van der Waals surface area contributed by atoms with E-state index in [0.717, 1.165) is 16.4 Å². The molecular weight excluding hydrogens is 371 g/mol. The highest BCUT2D eigenvalue weighted by Crippen LogP contribution is 2.28. The number of H-pyrrole nitrogens is 1. The van der Waals surface area contributed by atoms with Crippen LogP contribution in [-0.2, 0) is 6.61 Å². The smallest absolute Gasteiger partial charge is 0.235 e. The number of benzene rings is 1. The number of aryl methyl sites for hydroxylation is 1. The quantitative estimate of drug-likeness (QED) is 0.582. The predicted octanol–water partition coefficient (Wildman–Crippen LogP) is 3.77. The van der Waals surface area contributed by atoms with E-state index >= 15 is 0 Å². The van der Waals surface area contributed by atoms with Crippen molar-refractivity contribution >= 4 is 39.5 Å². The molecule has 0 unspecified atom stereocenters. The number of nitrogens with one attached hydrogen (secondary N) is 1. The van der Waals surface area contributed by atoms with Gasteiger partial charge in [0.1, 0.15) is 18.1 Å². The number of fused-ring (bicyclic) bond motifs is 1. The molecule has 0 atom stereocenters. The average molecular weight is 381 g/mol. The maximum Gasteiger partial charge on any atom is 0.235 e. The van der Waals surface area contributed by atoms with E-state index in [9.17, 15) is 0 Å². The molecule has 1 N–H and O–H groups in total. The van der Waals surface area contributed by atoms with Gasteiger partial charge in [-0.25, -0.2) is 0 Å². The minimum Gasteiger partial charge on any atom is -0.484 e. The molecule has 3 aromatic heterocycles. The number of aromatic amines is 1. The van der Waals surface area contributed by atoms with Gasteiger partial charge in [-0.2, -0.15) is 14.7 Å². The summed E-state index contributed by atoms with van der Waals surface area (Å²) in [6.07, 6.45) is 0. The van der Waals surface area contributed by atoms with Crippen LogP contribution in [-0.4, -0.2) is 30.0 Å². The molecule has 10 heteroatoms. The van der Waals surface area contributed by atoms with Crippen LogP contribution < -0.4 is 4.74 Å². The maximum absolute atomic E-state index is 6.10. The van der Waals surface area contributed by atoms with Crippen molar-refractivity contribution in [3.63, 3.8) is 0 Å². The van der Waals surface area contributed by atoms with Gasteiger partial charge in [-0.1, -0.05) is 34.5 Å². The number of rotatable bonds is 4. The topological polar surface area (TPSA) is 81.0 Å². The number of aromatic nitrogens is 6. The largest absolute Gasteiger partial charge is 0.484 e. The Morgan fingerprint density at radius 1 is 1.25 bits per heavy atom. The first-order chi connectivity index (χ1) is 11.6. The second-order valence-electron chi connectivity index (χ2n) is 5.02. The Hall–Kier alpha value is -2.16. The van der Waals surface area contributed by atoms with Gasteiger partial charge in [-0.15, -0.1) is 10.2 Å². The molecule has 0 amide bonds. The van der Waals surface area contributed by atoms with Gasteiger partial charge in [0.05, 0.1) is 5.02 Å². The summed E-state index contributed by atoms with van der Waals surface area (Å²) in [5.74, 6) is 1.10. The van der Waals surface area contributed by atoms with Crippen LogP contribution >= 0.6 is 34.5 Å². The zero-order chi connectivity index (χ0) is 16.7. The van der Waals surface area contributed by atoms with Crippen LogP contribution in [0.4, 0.5) is 0 Å².